The summed E-state index contributed by atoms with van der Waals surface area (Å²) in [5.74, 6) is 3.28. The average Bonchev–Trinajstić information content (AvgIpc) is 2.81. The number of ether oxygens (including phenoxy) is 2. The van der Waals surface area contributed by atoms with Crippen molar-refractivity contribution in [3.8, 4) is 0 Å². The topological polar surface area (TPSA) is 38.7 Å². The van der Waals surface area contributed by atoms with Crippen molar-refractivity contribution in [3.63, 3.8) is 0 Å². The molecule has 3 heteroatoms. The van der Waals surface area contributed by atoms with Crippen molar-refractivity contribution >= 4 is 0 Å². The van der Waals surface area contributed by atoms with Crippen molar-refractivity contribution in [1.29, 1.82) is 0 Å². The summed E-state index contributed by atoms with van der Waals surface area (Å²) < 4.78 is 11.6. The Morgan fingerprint density at radius 2 is 1.14 bits per heavy atom. The molecule has 0 aromatic carbocycles. The van der Waals surface area contributed by atoms with E-state index in [-0.39, 0.29) is 12.7 Å². The van der Waals surface area contributed by atoms with E-state index in [9.17, 15) is 5.11 Å². The number of aliphatic hydroxyl groups is 1. The van der Waals surface area contributed by atoms with Gasteiger partial charge in [0.05, 0.1) is 13.2 Å². The summed E-state index contributed by atoms with van der Waals surface area (Å²) in [5, 5.41) is 9.57. The molecule has 210 valence electrons. The molecule has 0 aliphatic rings. The molecular formula is C32H64O3. The maximum absolute atomic E-state index is 9.57. The van der Waals surface area contributed by atoms with Gasteiger partial charge < -0.3 is 14.6 Å². The standard InChI is InChI=1S/C32H64O3/c1-7-8-9-10-11-12-13-24-34-27-32(26-33)35-25-23-31(6)22-16-21-30(5)20-15-19-29(4)18-14-17-28(2)3/h7,28-33H,1,8-27H2,2-6H3/t29-,30-,31?,32?/m1/s1. The average molecular weight is 497 g/mol. The van der Waals surface area contributed by atoms with Crippen LogP contribution in [0.15, 0.2) is 12.7 Å². The maximum Gasteiger partial charge on any atom is 0.104 e. The minimum absolute atomic E-state index is 0.0454. The van der Waals surface area contributed by atoms with Crippen LogP contribution in [0.5, 0.6) is 0 Å². The van der Waals surface area contributed by atoms with Crippen LogP contribution in [0.4, 0.5) is 0 Å². The highest BCUT2D eigenvalue weighted by atomic mass is 16.5. The Labute approximate surface area is 220 Å². The van der Waals surface area contributed by atoms with Crippen LogP contribution in [0.3, 0.4) is 0 Å². The summed E-state index contributed by atoms with van der Waals surface area (Å²) in [6.45, 7) is 17.7. The minimum atomic E-state index is -0.178. The van der Waals surface area contributed by atoms with E-state index in [4.69, 9.17) is 9.47 Å². The lowest BCUT2D eigenvalue weighted by Gasteiger charge is -2.18. The molecule has 2 unspecified atom stereocenters. The first-order valence-electron chi connectivity index (χ1n) is 15.3. The molecule has 0 spiro atoms. The van der Waals surface area contributed by atoms with Gasteiger partial charge in [0.15, 0.2) is 0 Å². The zero-order valence-electron chi connectivity index (χ0n) is 24.6. The van der Waals surface area contributed by atoms with Gasteiger partial charge in [0.25, 0.3) is 0 Å². The first-order valence-corrected chi connectivity index (χ1v) is 15.3. The largest absolute Gasteiger partial charge is 0.394 e. The molecule has 0 amide bonds. The summed E-state index contributed by atoms with van der Waals surface area (Å²) in [5.41, 5.74) is 0. The molecule has 0 aromatic rings. The second kappa shape index (κ2) is 25.3. The summed E-state index contributed by atoms with van der Waals surface area (Å²) in [6, 6.07) is 0. The number of rotatable bonds is 27. The van der Waals surface area contributed by atoms with Gasteiger partial charge in [-0.1, -0.05) is 118 Å². The van der Waals surface area contributed by atoms with Gasteiger partial charge in [-0.3, -0.25) is 0 Å². The van der Waals surface area contributed by atoms with Gasteiger partial charge in [-0.15, -0.1) is 6.58 Å². The summed E-state index contributed by atoms with van der Waals surface area (Å²) in [7, 11) is 0. The Balaban J connectivity index is 3.63. The zero-order chi connectivity index (χ0) is 26.2. The number of aliphatic hydroxyl groups excluding tert-OH is 1. The van der Waals surface area contributed by atoms with E-state index >= 15 is 0 Å². The van der Waals surface area contributed by atoms with Crippen molar-refractivity contribution in [3.05, 3.63) is 12.7 Å². The van der Waals surface area contributed by atoms with E-state index in [0.29, 0.717) is 12.5 Å². The Morgan fingerprint density at radius 3 is 1.69 bits per heavy atom. The summed E-state index contributed by atoms with van der Waals surface area (Å²) in [4.78, 5) is 0. The van der Waals surface area contributed by atoms with Crippen molar-refractivity contribution in [1.82, 2.24) is 0 Å². The lowest BCUT2D eigenvalue weighted by Crippen LogP contribution is -2.25. The quantitative estimate of drug-likeness (QED) is 0.0909. The Hall–Kier alpha value is -0.380. The van der Waals surface area contributed by atoms with Crippen LogP contribution in [0.1, 0.15) is 137 Å². The molecule has 4 atom stereocenters. The Kier molecular flexibility index (Phi) is 25.0. The van der Waals surface area contributed by atoms with Crippen LogP contribution in [0.2, 0.25) is 0 Å². The molecule has 1 N–H and O–H groups in total. The predicted molar refractivity (Wildman–Crippen MR) is 154 cm³/mol. The van der Waals surface area contributed by atoms with Gasteiger partial charge >= 0.3 is 0 Å². The lowest BCUT2D eigenvalue weighted by atomic mass is 9.91. The molecule has 0 rings (SSSR count). The number of hydrogen-bond donors (Lipinski definition) is 1. The first-order chi connectivity index (χ1) is 16.9. The number of allylic oxidation sites excluding steroid dienone is 1. The van der Waals surface area contributed by atoms with Crippen LogP contribution >= 0.6 is 0 Å². The first kappa shape index (κ1) is 34.6. The van der Waals surface area contributed by atoms with E-state index in [1.807, 2.05) is 6.08 Å². The van der Waals surface area contributed by atoms with E-state index in [1.165, 1.54) is 83.5 Å². The van der Waals surface area contributed by atoms with E-state index < -0.39 is 0 Å². The van der Waals surface area contributed by atoms with Crippen LogP contribution in [-0.2, 0) is 9.47 Å². The van der Waals surface area contributed by atoms with E-state index in [1.54, 1.807) is 0 Å². The van der Waals surface area contributed by atoms with Crippen molar-refractivity contribution in [2.24, 2.45) is 23.7 Å². The number of hydrogen-bond acceptors (Lipinski definition) is 3. The smallest absolute Gasteiger partial charge is 0.104 e. The minimum Gasteiger partial charge on any atom is -0.394 e. The maximum atomic E-state index is 9.57. The van der Waals surface area contributed by atoms with Gasteiger partial charge in [0.2, 0.25) is 0 Å². The molecule has 0 heterocycles. The van der Waals surface area contributed by atoms with Gasteiger partial charge in [-0.05, 0) is 49.4 Å². The fraction of sp³-hybridized carbons (Fsp3) is 0.938. The zero-order valence-corrected chi connectivity index (χ0v) is 24.6. The second-order valence-corrected chi connectivity index (χ2v) is 11.9. The Morgan fingerprint density at radius 1 is 0.629 bits per heavy atom. The third-order valence-corrected chi connectivity index (χ3v) is 7.43. The van der Waals surface area contributed by atoms with Crippen LogP contribution < -0.4 is 0 Å². The molecule has 3 nitrogen and oxygen atoms in total. The van der Waals surface area contributed by atoms with Crippen molar-refractivity contribution < 1.29 is 14.6 Å². The van der Waals surface area contributed by atoms with Crippen molar-refractivity contribution in [2.75, 3.05) is 26.4 Å². The molecule has 0 saturated heterocycles. The summed E-state index contributed by atoms with van der Waals surface area (Å²) >= 11 is 0. The molecule has 0 bridgehead atoms. The highest BCUT2D eigenvalue weighted by Crippen LogP contribution is 2.22. The highest BCUT2D eigenvalue weighted by Gasteiger charge is 2.11. The fourth-order valence-electron chi connectivity index (χ4n) is 4.76. The second-order valence-electron chi connectivity index (χ2n) is 11.9. The molecule has 0 radical (unpaired) electrons. The molecule has 0 aliphatic heterocycles. The Bertz CT molecular complexity index is 437. The molecule has 0 fully saturated rings. The molecule has 0 aromatic heterocycles. The SMILES string of the molecule is C=CCCCCCCCOCC(CO)OCCC(C)CCC[C@H](C)CCC[C@H](C)CCCC(C)C. The molecule has 0 saturated carbocycles. The third-order valence-electron chi connectivity index (χ3n) is 7.43. The van der Waals surface area contributed by atoms with E-state index in [2.05, 4.69) is 41.2 Å². The van der Waals surface area contributed by atoms with Gasteiger partial charge in [-0.2, -0.15) is 0 Å². The number of unbranched alkanes of at least 4 members (excludes halogenated alkanes) is 5. The highest BCUT2D eigenvalue weighted by molar-refractivity contribution is 4.65. The van der Waals surface area contributed by atoms with Gasteiger partial charge in [0, 0.05) is 13.2 Å². The third kappa shape index (κ3) is 25.1. The monoisotopic (exact) mass is 496 g/mol. The van der Waals surface area contributed by atoms with Gasteiger partial charge in [0.1, 0.15) is 6.10 Å². The molecule has 35 heavy (non-hydrogen) atoms. The lowest BCUT2D eigenvalue weighted by molar-refractivity contribution is -0.0459. The van der Waals surface area contributed by atoms with Crippen LogP contribution in [-0.4, -0.2) is 37.6 Å². The molecular weight excluding hydrogens is 432 g/mol. The molecule has 0 aliphatic carbocycles. The predicted octanol–water partition coefficient (Wildman–Crippen LogP) is 9.37. The van der Waals surface area contributed by atoms with Gasteiger partial charge in [-0.25, -0.2) is 0 Å². The van der Waals surface area contributed by atoms with E-state index in [0.717, 1.165) is 50.2 Å². The fourth-order valence-corrected chi connectivity index (χ4v) is 4.76. The van der Waals surface area contributed by atoms with Crippen LogP contribution in [0.25, 0.3) is 0 Å². The van der Waals surface area contributed by atoms with Crippen LogP contribution in [0, 0.1) is 23.7 Å². The summed E-state index contributed by atoms with van der Waals surface area (Å²) in [6.07, 6.45) is 22.5. The normalized spacial score (nSPS) is 15.3. The van der Waals surface area contributed by atoms with Crippen molar-refractivity contribution in [2.45, 2.75) is 143 Å².